The lowest BCUT2D eigenvalue weighted by atomic mass is 9.77. The van der Waals surface area contributed by atoms with Gasteiger partial charge in [0.05, 0.1) is 11.9 Å². The summed E-state index contributed by atoms with van der Waals surface area (Å²) in [6, 6.07) is 29.7. The number of aromatic carboxylic acids is 1. The molecule has 4 aromatic rings. The molecule has 0 saturated heterocycles. The molecule has 0 unspecified atom stereocenters. The molecule has 0 aliphatic heterocycles. The van der Waals surface area contributed by atoms with E-state index in [1.165, 1.54) is 0 Å². The Hall–Kier alpha value is -3.86. The second-order valence-corrected chi connectivity index (χ2v) is 6.49. The number of hydrogen-bond donors (Lipinski definition) is 2. The van der Waals surface area contributed by atoms with E-state index in [4.69, 9.17) is 5.73 Å². The van der Waals surface area contributed by atoms with E-state index in [0.717, 1.165) is 16.7 Å². The van der Waals surface area contributed by atoms with Gasteiger partial charge in [-0.3, -0.25) is 4.68 Å². The smallest absolute Gasteiger partial charge is 0.358 e. The Morgan fingerprint density at radius 2 is 1.18 bits per heavy atom. The average molecular weight is 369 g/mol. The van der Waals surface area contributed by atoms with Crippen LogP contribution in [-0.4, -0.2) is 20.9 Å². The van der Waals surface area contributed by atoms with Crippen molar-refractivity contribution >= 4 is 11.7 Å². The number of nitrogens with two attached hydrogens (primary N) is 1. The number of nitrogen functional groups attached to an aromatic ring is 1. The Morgan fingerprint density at radius 1 is 0.786 bits per heavy atom. The molecular formula is C23H19N3O2. The number of rotatable bonds is 5. The van der Waals surface area contributed by atoms with E-state index in [1.54, 1.807) is 10.9 Å². The number of carbonyl (C=O) groups is 1. The van der Waals surface area contributed by atoms with Crippen LogP contribution < -0.4 is 5.73 Å². The molecule has 3 N–H and O–H groups in total. The first-order valence-corrected chi connectivity index (χ1v) is 8.89. The standard InChI is InChI=1S/C23H19N3O2/c24-20-16-26(25-21(20)22(27)28)23(17-10-4-1-5-11-17,18-12-6-2-7-13-18)19-14-8-3-9-15-19/h1-16H,24H2,(H,27,28). The van der Waals surface area contributed by atoms with Crippen LogP contribution in [-0.2, 0) is 5.54 Å². The number of nitrogens with zero attached hydrogens (tertiary/aromatic N) is 2. The van der Waals surface area contributed by atoms with E-state index in [-0.39, 0.29) is 11.4 Å². The van der Waals surface area contributed by atoms with Gasteiger partial charge in [0.15, 0.2) is 5.69 Å². The van der Waals surface area contributed by atoms with Crippen molar-refractivity contribution in [2.45, 2.75) is 5.54 Å². The quantitative estimate of drug-likeness (QED) is 0.521. The van der Waals surface area contributed by atoms with Crippen molar-refractivity contribution in [3.8, 4) is 0 Å². The highest BCUT2D eigenvalue weighted by Gasteiger charge is 2.40. The molecule has 0 atom stereocenters. The molecule has 5 heteroatoms. The SMILES string of the molecule is Nc1cn(C(c2ccccc2)(c2ccccc2)c2ccccc2)nc1C(=O)O. The first-order chi connectivity index (χ1) is 13.6. The van der Waals surface area contributed by atoms with Gasteiger partial charge in [0.2, 0.25) is 0 Å². The third-order valence-electron chi connectivity index (χ3n) is 4.86. The van der Waals surface area contributed by atoms with Crippen LogP contribution in [0.2, 0.25) is 0 Å². The molecule has 5 nitrogen and oxygen atoms in total. The molecule has 0 amide bonds. The van der Waals surface area contributed by atoms with Gasteiger partial charge >= 0.3 is 5.97 Å². The van der Waals surface area contributed by atoms with E-state index >= 15 is 0 Å². The normalized spacial score (nSPS) is 11.3. The minimum absolute atomic E-state index is 0.125. The van der Waals surface area contributed by atoms with Gasteiger partial charge < -0.3 is 10.8 Å². The molecule has 0 bridgehead atoms. The van der Waals surface area contributed by atoms with Crippen LogP contribution in [0.3, 0.4) is 0 Å². The largest absolute Gasteiger partial charge is 0.476 e. The molecule has 0 aliphatic rings. The molecule has 0 spiro atoms. The van der Waals surface area contributed by atoms with Crippen molar-refractivity contribution in [1.82, 2.24) is 9.78 Å². The minimum Gasteiger partial charge on any atom is -0.476 e. The third-order valence-corrected chi connectivity index (χ3v) is 4.86. The lowest BCUT2D eigenvalue weighted by molar-refractivity contribution is 0.0690. The highest BCUT2D eigenvalue weighted by Crippen LogP contribution is 2.40. The van der Waals surface area contributed by atoms with Crippen molar-refractivity contribution in [3.05, 3.63) is 120 Å². The van der Waals surface area contributed by atoms with Crippen LogP contribution in [0.1, 0.15) is 27.2 Å². The highest BCUT2D eigenvalue weighted by atomic mass is 16.4. The zero-order valence-electron chi connectivity index (χ0n) is 15.1. The maximum Gasteiger partial charge on any atom is 0.358 e. The fourth-order valence-electron chi connectivity index (χ4n) is 3.66. The lowest BCUT2D eigenvalue weighted by Crippen LogP contribution is -2.38. The zero-order valence-corrected chi connectivity index (χ0v) is 15.1. The maximum absolute atomic E-state index is 11.6. The van der Waals surface area contributed by atoms with Crippen molar-refractivity contribution in [3.63, 3.8) is 0 Å². The second kappa shape index (κ2) is 7.04. The Bertz CT molecular complexity index is 994. The van der Waals surface area contributed by atoms with Gasteiger partial charge in [0.1, 0.15) is 5.54 Å². The number of aromatic nitrogens is 2. The molecule has 4 rings (SSSR count). The summed E-state index contributed by atoms with van der Waals surface area (Å²) in [7, 11) is 0. The van der Waals surface area contributed by atoms with Crippen molar-refractivity contribution in [1.29, 1.82) is 0 Å². The first kappa shape index (κ1) is 17.5. The summed E-state index contributed by atoms with van der Waals surface area (Å²) < 4.78 is 1.66. The molecular weight excluding hydrogens is 350 g/mol. The first-order valence-electron chi connectivity index (χ1n) is 8.89. The van der Waals surface area contributed by atoms with E-state index in [0.29, 0.717) is 0 Å². The Balaban J connectivity index is 2.13. The van der Waals surface area contributed by atoms with Crippen LogP contribution in [0.5, 0.6) is 0 Å². The Morgan fingerprint density at radius 3 is 1.50 bits per heavy atom. The molecule has 138 valence electrons. The molecule has 0 saturated carbocycles. The molecule has 1 aromatic heterocycles. The van der Waals surface area contributed by atoms with E-state index in [9.17, 15) is 9.90 Å². The number of benzene rings is 3. The molecule has 28 heavy (non-hydrogen) atoms. The Kier molecular flexibility index (Phi) is 4.41. The van der Waals surface area contributed by atoms with Crippen LogP contribution in [0, 0.1) is 0 Å². The summed E-state index contributed by atoms with van der Waals surface area (Å²) in [5, 5.41) is 13.9. The van der Waals surface area contributed by atoms with Crippen LogP contribution >= 0.6 is 0 Å². The predicted molar refractivity (Wildman–Crippen MR) is 108 cm³/mol. The number of carboxylic acids is 1. The summed E-state index contributed by atoms with van der Waals surface area (Å²) in [5.74, 6) is -1.15. The molecule has 1 heterocycles. The van der Waals surface area contributed by atoms with Gasteiger partial charge in [-0.1, -0.05) is 91.0 Å². The summed E-state index contributed by atoms with van der Waals surface area (Å²) in [5.41, 5.74) is 7.96. The van der Waals surface area contributed by atoms with Crippen LogP contribution in [0.4, 0.5) is 5.69 Å². The van der Waals surface area contributed by atoms with Crippen molar-refractivity contribution in [2.75, 3.05) is 5.73 Å². The summed E-state index contributed by atoms with van der Waals surface area (Å²) in [4.78, 5) is 11.6. The fourth-order valence-corrected chi connectivity index (χ4v) is 3.66. The maximum atomic E-state index is 11.6. The molecule has 0 radical (unpaired) electrons. The number of hydrogen-bond acceptors (Lipinski definition) is 3. The summed E-state index contributed by atoms with van der Waals surface area (Å²) >= 11 is 0. The van der Waals surface area contributed by atoms with Gasteiger partial charge in [-0.05, 0) is 16.7 Å². The molecule has 3 aromatic carbocycles. The fraction of sp³-hybridized carbons (Fsp3) is 0.0435. The monoisotopic (exact) mass is 369 g/mol. The van der Waals surface area contributed by atoms with E-state index < -0.39 is 11.5 Å². The van der Waals surface area contributed by atoms with Crippen molar-refractivity contribution in [2.24, 2.45) is 0 Å². The third kappa shape index (κ3) is 2.74. The van der Waals surface area contributed by atoms with E-state index in [1.807, 2.05) is 91.0 Å². The molecule has 0 aliphatic carbocycles. The number of anilines is 1. The van der Waals surface area contributed by atoms with Gasteiger partial charge in [0, 0.05) is 0 Å². The lowest BCUT2D eigenvalue weighted by Gasteiger charge is -2.36. The summed E-state index contributed by atoms with van der Waals surface area (Å²) in [6.07, 6.45) is 1.59. The van der Waals surface area contributed by atoms with Gasteiger partial charge in [0.25, 0.3) is 0 Å². The van der Waals surface area contributed by atoms with Crippen molar-refractivity contribution < 1.29 is 9.90 Å². The van der Waals surface area contributed by atoms with Gasteiger partial charge in [-0.2, -0.15) is 5.10 Å². The Labute approximate surface area is 162 Å². The van der Waals surface area contributed by atoms with Crippen LogP contribution in [0.25, 0.3) is 0 Å². The zero-order chi connectivity index (χ0) is 19.6. The molecule has 0 fully saturated rings. The second-order valence-electron chi connectivity index (χ2n) is 6.49. The highest BCUT2D eigenvalue weighted by molar-refractivity contribution is 5.91. The van der Waals surface area contributed by atoms with E-state index in [2.05, 4.69) is 5.10 Å². The minimum atomic E-state index is -1.15. The number of carboxylic acid groups (broad SMARTS) is 1. The van der Waals surface area contributed by atoms with Gasteiger partial charge in [-0.25, -0.2) is 4.79 Å². The predicted octanol–water partition coefficient (Wildman–Crippen LogP) is 4.00. The van der Waals surface area contributed by atoms with Gasteiger partial charge in [-0.15, -0.1) is 0 Å². The average Bonchev–Trinajstić information content (AvgIpc) is 3.13. The topological polar surface area (TPSA) is 81.1 Å². The summed E-state index contributed by atoms with van der Waals surface area (Å²) in [6.45, 7) is 0. The van der Waals surface area contributed by atoms with Crippen LogP contribution in [0.15, 0.2) is 97.2 Å².